The molecule has 0 aliphatic rings. The van der Waals surface area contributed by atoms with Crippen molar-refractivity contribution < 1.29 is 9.52 Å². The zero-order chi connectivity index (χ0) is 9.26. The summed E-state index contributed by atoms with van der Waals surface area (Å²) >= 11 is 0. The number of phenols is 1. The van der Waals surface area contributed by atoms with E-state index in [1.807, 2.05) is 31.2 Å². The number of aryl methyl sites for hydroxylation is 1. The number of aromatic hydroxyl groups is 1. The lowest BCUT2D eigenvalue weighted by molar-refractivity contribution is 0.471. The third-order valence-corrected chi connectivity index (χ3v) is 2.00. The van der Waals surface area contributed by atoms with Gasteiger partial charge < -0.3 is 9.52 Å². The Morgan fingerprint density at radius 1 is 1.23 bits per heavy atom. The quantitative estimate of drug-likeness (QED) is 0.721. The Hall–Kier alpha value is -1.70. The standard InChI is InChI=1S/C11H10O2/c1-8-7-9(4-5-10(8)12)11-3-2-6-13-11/h2-7,12H,1H3. The van der Waals surface area contributed by atoms with Crippen molar-refractivity contribution in [3.63, 3.8) is 0 Å². The molecule has 0 amide bonds. The van der Waals surface area contributed by atoms with Crippen LogP contribution in [0.15, 0.2) is 41.0 Å². The largest absolute Gasteiger partial charge is 0.508 e. The van der Waals surface area contributed by atoms with E-state index in [4.69, 9.17) is 4.42 Å². The van der Waals surface area contributed by atoms with Crippen LogP contribution in [0.2, 0.25) is 0 Å². The Morgan fingerprint density at radius 3 is 2.69 bits per heavy atom. The first-order chi connectivity index (χ1) is 6.27. The fraction of sp³-hybridized carbons (Fsp3) is 0.0909. The Kier molecular flexibility index (Phi) is 1.81. The molecule has 0 radical (unpaired) electrons. The van der Waals surface area contributed by atoms with Gasteiger partial charge in [0, 0.05) is 5.56 Å². The van der Waals surface area contributed by atoms with E-state index in [1.54, 1.807) is 12.3 Å². The highest BCUT2D eigenvalue weighted by Gasteiger charge is 2.02. The van der Waals surface area contributed by atoms with E-state index >= 15 is 0 Å². The summed E-state index contributed by atoms with van der Waals surface area (Å²) in [6.07, 6.45) is 1.64. The van der Waals surface area contributed by atoms with Crippen molar-refractivity contribution in [1.82, 2.24) is 0 Å². The molecule has 1 aromatic heterocycles. The zero-order valence-corrected chi connectivity index (χ0v) is 7.32. The van der Waals surface area contributed by atoms with Gasteiger partial charge in [0.15, 0.2) is 0 Å². The minimum Gasteiger partial charge on any atom is -0.508 e. The third kappa shape index (κ3) is 1.43. The highest BCUT2D eigenvalue weighted by Crippen LogP contribution is 2.25. The molecule has 0 fully saturated rings. The molecule has 2 heteroatoms. The van der Waals surface area contributed by atoms with Crippen LogP contribution in [0, 0.1) is 6.92 Å². The van der Waals surface area contributed by atoms with Crippen LogP contribution in [-0.2, 0) is 0 Å². The summed E-state index contributed by atoms with van der Waals surface area (Å²) in [5, 5.41) is 9.31. The summed E-state index contributed by atoms with van der Waals surface area (Å²) < 4.78 is 5.23. The Balaban J connectivity index is 2.49. The molecule has 0 unspecified atom stereocenters. The molecule has 66 valence electrons. The van der Waals surface area contributed by atoms with Crippen molar-refractivity contribution >= 4 is 0 Å². The summed E-state index contributed by atoms with van der Waals surface area (Å²) in [6.45, 7) is 1.86. The van der Waals surface area contributed by atoms with Gasteiger partial charge in [-0.2, -0.15) is 0 Å². The van der Waals surface area contributed by atoms with E-state index in [2.05, 4.69) is 0 Å². The van der Waals surface area contributed by atoms with Crippen LogP contribution in [0.4, 0.5) is 0 Å². The van der Waals surface area contributed by atoms with E-state index in [0.29, 0.717) is 5.75 Å². The van der Waals surface area contributed by atoms with Crippen LogP contribution < -0.4 is 0 Å². The predicted molar refractivity (Wildman–Crippen MR) is 50.5 cm³/mol. The molecule has 2 nitrogen and oxygen atoms in total. The first-order valence-electron chi connectivity index (χ1n) is 4.11. The number of phenolic OH excluding ortho intramolecular Hbond substituents is 1. The summed E-state index contributed by atoms with van der Waals surface area (Å²) in [7, 11) is 0. The van der Waals surface area contributed by atoms with E-state index < -0.39 is 0 Å². The highest BCUT2D eigenvalue weighted by molar-refractivity contribution is 5.60. The molecule has 0 saturated carbocycles. The monoisotopic (exact) mass is 174 g/mol. The molecular formula is C11H10O2. The molecular weight excluding hydrogens is 164 g/mol. The molecule has 2 rings (SSSR count). The number of hydrogen-bond acceptors (Lipinski definition) is 2. The van der Waals surface area contributed by atoms with Crippen molar-refractivity contribution in [2.24, 2.45) is 0 Å². The van der Waals surface area contributed by atoms with Gasteiger partial charge in [0.2, 0.25) is 0 Å². The third-order valence-electron chi connectivity index (χ3n) is 2.00. The minimum absolute atomic E-state index is 0.315. The van der Waals surface area contributed by atoms with Gasteiger partial charge >= 0.3 is 0 Å². The molecule has 0 aliphatic carbocycles. The number of rotatable bonds is 1. The summed E-state index contributed by atoms with van der Waals surface area (Å²) in [5.41, 5.74) is 1.84. The van der Waals surface area contributed by atoms with Crippen molar-refractivity contribution in [2.45, 2.75) is 6.92 Å². The van der Waals surface area contributed by atoms with Crippen LogP contribution in [0.5, 0.6) is 5.75 Å². The lowest BCUT2D eigenvalue weighted by Gasteiger charge is -2.00. The van der Waals surface area contributed by atoms with Gasteiger partial charge in [-0.25, -0.2) is 0 Å². The van der Waals surface area contributed by atoms with Gasteiger partial charge in [0.1, 0.15) is 11.5 Å². The minimum atomic E-state index is 0.315. The highest BCUT2D eigenvalue weighted by atomic mass is 16.3. The fourth-order valence-corrected chi connectivity index (χ4v) is 1.25. The predicted octanol–water partition coefficient (Wildman–Crippen LogP) is 2.96. The first-order valence-corrected chi connectivity index (χ1v) is 4.11. The van der Waals surface area contributed by atoms with Crippen molar-refractivity contribution in [2.75, 3.05) is 0 Å². The molecule has 1 aromatic carbocycles. The van der Waals surface area contributed by atoms with E-state index in [0.717, 1.165) is 16.9 Å². The average molecular weight is 174 g/mol. The number of benzene rings is 1. The zero-order valence-electron chi connectivity index (χ0n) is 7.32. The Morgan fingerprint density at radius 2 is 2.08 bits per heavy atom. The molecule has 0 spiro atoms. The first kappa shape index (κ1) is 7.92. The van der Waals surface area contributed by atoms with Crippen molar-refractivity contribution in [3.8, 4) is 17.1 Å². The molecule has 2 aromatic rings. The summed E-state index contributed by atoms with van der Waals surface area (Å²) in [5.74, 6) is 1.14. The van der Waals surface area contributed by atoms with Gasteiger partial charge in [-0.3, -0.25) is 0 Å². The van der Waals surface area contributed by atoms with Gasteiger partial charge in [0.25, 0.3) is 0 Å². The SMILES string of the molecule is Cc1cc(-c2ccco2)ccc1O. The van der Waals surface area contributed by atoms with Gasteiger partial charge in [-0.15, -0.1) is 0 Å². The normalized spacial score (nSPS) is 10.2. The lowest BCUT2D eigenvalue weighted by atomic mass is 10.1. The maximum Gasteiger partial charge on any atom is 0.133 e. The van der Waals surface area contributed by atoms with Crippen LogP contribution in [0.25, 0.3) is 11.3 Å². The molecule has 0 bridgehead atoms. The summed E-state index contributed by atoms with van der Waals surface area (Å²) in [4.78, 5) is 0. The molecule has 1 N–H and O–H groups in total. The van der Waals surface area contributed by atoms with Crippen molar-refractivity contribution in [3.05, 3.63) is 42.2 Å². The molecule has 0 saturated heterocycles. The van der Waals surface area contributed by atoms with Crippen LogP contribution in [0.1, 0.15) is 5.56 Å². The molecule has 0 atom stereocenters. The molecule has 13 heavy (non-hydrogen) atoms. The van der Waals surface area contributed by atoms with Gasteiger partial charge in [0.05, 0.1) is 6.26 Å². The van der Waals surface area contributed by atoms with Crippen LogP contribution in [-0.4, -0.2) is 5.11 Å². The van der Waals surface area contributed by atoms with Crippen LogP contribution >= 0.6 is 0 Å². The smallest absolute Gasteiger partial charge is 0.133 e. The fourth-order valence-electron chi connectivity index (χ4n) is 1.25. The number of furan rings is 1. The van der Waals surface area contributed by atoms with E-state index in [1.165, 1.54) is 0 Å². The maximum atomic E-state index is 9.31. The van der Waals surface area contributed by atoms with Gasteiger partial charge in [-0.05, 0) is 42.8 Å². The Labute approximate surface area is 76.4 Å². The van der Waals surface area contributed by atoms with E-state index in [-0.39, 0.29) is 0 Å². The van der Waals surface area contributed by atoms with Gasteiger partial charge in [-0.1, -0.05) is 0 Å². The topological polar surface area (TPSA) is 33.4 Å². The molecule has 0 aliphatic heterocycles. The summed E-state index contributed by atoms with van der Waals surface area (Å²) in [6, 6.07) is 9.14. The lowest BCUT2D eigenvalue weighted by Crippen LogP contribution is -1.77. The number of hydrogen-bond donors (Lipinski definition) is 1. The van der Waals surface area contributed by atoms with Crippen molar-refractivity contribution in [1.29, 1.82) is 0 Å². The Bertz CT molecular complexity index is 402. The van der Waals surface area contributed by atoms with Crippen LogP contribution in [0.3, 0.4) is 0 Å². The molecule has 1 heterocycles. The average Bonchev–Trinajstić information content (AvgIpc) is 2.62. The second kappa shape index (κ2) is 2.98. The maximum absolute atomic E-state index is 9.31. The second-order valence-corrected chi connectivity index (χ2v) is 2.98. The van der Waals surface area contributed by atoms with E-state index in [9.17, 15) is 5.11 Å². The second-order valence-electron chi connectivity index (χ2n) is 2.98.